The number of aliphatic carboxylic acids is 1. The Morgan fingerprint density at radius 2 is 0.894 bits per heavy atom. The van der Waals surface area contributed by atoms with Crippen molar-refractivity contribution in [1.29, 1.82) is 0 Å². The van der Waals surface area contributed by atoms with E-state index in [0.717, 1.165) is 0 Å². The monoisotopic (exact) mass is 669 g/mol. The lowest BCUT2D eigenvalue weighted by molar-refractivity contribution is -0.142. The van der Waals surface area contributed by atoms with Crippen LogP contribution in [0.4, 0.5) is 0 Å². The van der Waals surface area contributed by atoms with Gasteiger partial charge in [0.1, 0.15) is 24.2 Å². The number of nitrogens with zero attached hydrogens (tertiary/aromatic N) is 4. The van der Waals surface area contributed by atoms with Crippen molar-refractivity contribution in [1.82, 2.24) is 61.1 Å². The molecule has 250 valence electrons. The smallest absolute Gasteiger partial charge is 0.326 e. The first-order chi connectivity index (χ1) is 22.6. The summed E-state index contributed by atoms with van der Waals surface area (Å²) in [5.74, 6) is -4.19. The molecule has 0 saturated carbocycles. The van der Waals surface area contributed by atoms with Crippen molar-refractivity contribution in [3.63, 3.8) is 0 Å². The van der Waals surface area contributed by atoms with Gasteiger partial charge in [-0.2, -0.15) is 12.6 Å². The summed E-state index contributed by atoms with van der Waals surface area (Å²) in [6.07, 6.45) is 11.1. The number of hydrogen-bond acceptors (Lipinski definition) is 11. The molecule has 0 aromatic carbocycles. The molecule has 0 aliphatic carbocycles. The Labute approximate surface area is 272 Å². The molecule has 5 atom stereocenters. The minimum absolute atomic E-state index is 0.00692. The van der Waals surface area contributed by atoms with Crippen LogP contribution in [0.3, 0.4) is 0 Å². The second-order valence-electron chi connectivity index (χ2n) is 10.5. The van der Waals surface area contributed by atoms with E-state index >= 15 is 0 Å². The zero-order valence-corrected chi connectivity index (χ0v) is 25.7. The number of carboxylic acids is 1. The van der Waals surface area contributed by atoms with E-state index in [2.05, 4.69) is 73.8 Å². The number of imidazole rings is 4. The highest BCUT2D eigenvalue weighted by molar-refractivity contribution is 7.80. The van der Waals surface area contributed by atoms with Crippen molar-refractivity contribution in [3.05, 3.63) is 72.9 Å². The van der Waals surface area contributed by atoms with Crippen molar-refractivity contribution >= 4 is 42.2 Å². The molecule has 20 heteroatoms. The Morgan fingerprint density at radius 3 is 1.17 bits per heavy atom. The van der Waals surface area contributed by atoms with Gasteiger partial charge in [0.15, 0.2) is 0 Å². The maximum atomic E-state index is 13.8. The predicted molar refractivity (Wildman–Crippen MR) is 166 cm³/mol. The summed E-state index contributed by atoms with van der Waals surface area (Å²) < 4.78 is 0. The summed E-state index contributed by atoms with van der Waals surface area (Å²) in [5.41, 5.74) is 7.76. The van der Waals surface area contributed by atoms with Gasteiger partial charge in [0, 0.05) is 79.0 Å². The molecule has 0 bridgehead atoms. The maximum Gasteiger partial charge on any atom is 0.326 e. The normalized spacial score (nSPS) is 14.3. The van der Waals surface area contributed by atoms with Crippen LogP contribution >= 0.6 is 12.6 Å². The molecule has 4 aromatic heterocycles. The van der Waals surface area contributed by atoms with Gasteiger partial charge in [-0.05, 0) is 0 Å². The highest BCUT2D eigenvalue weighted by atomic mass is 32.1. The first-order valence-electron chi connectivity index (χ1n) is 14.3. The number of hydrogen-bond donors (Lipinski definition) is 11. The van der Waals surface area contributed by atoms with Crippen LogP contribution in [0.5, 0.6) is 0 Å². The topological polar surface area (TPSA) is 294 Å². The second-order valence-corrected chi connectivity index (χ2v) is 10.9. The first kappa shape index (κ1) is 34.4. The van der Waals surface area contributed by atoms with Gasteiger partial charge in [0.25, 0.3) is 0 Å². The third-order valence-corrected chi connectivity index (χ3v) is 7.36. The van der Waals surface area contributed by atoms with E-state index in [1.54, 1.807) is 0 Å². The Bertz CT molecular complexity index is 1580. The van der Waals surface area contributed by atoms with Crippen LogP contribution in [0.25, 0.3) is 0 Å². The first-order valence-corrected chi connectivity index (χ1v) is 15.0. The molecule has 19 nitrogen and oxygen atoms in total. The molecule has 11 N–H and O–H groups in total. The van der Waals surface area contributed by atoms with Crippen molar-refractivity contribution < 1.29 is 29.1 Å². The zero-order chi connectivity index (χ0) is 33.8. The molecule has 4 heterocycles. The van der Waals surface area contributed by atoms with Gasteiger partial charge in [-0.3, -0.25) is 19.2 Å². The van der Waals surface area contributed by atoms with Gasteiger partial charge in [0.2, 0.25) is 23.6 Å². The number of thiol groups is 1. The fourth-order valence-electron chi connectivity index (χ4n) is 4.47. The van der Waals surface area contributed by atoms with E-state index in [9.17, 15) is 29.1 Å². The largest absolute Gasteiger partial charge is 0.480 e. The number of rotatable bonds is 18. The SMILES string of the molecule is N[C@@H](CS)C(=O)N[C@@H](Cc1cnc[nH]1)C(=O)N[C@@H](Cc1cnc[nH]1)C(=O)N[C@@H](Cc1cnc[nH]1)C(=O)N[C@@H](Cc1cnc[nH]1)C(=O)O. The second kappa shape index (κ2) is 16.7. The summed E-state index contributed by atoms with van der Waals surface area (Å²) in [5, 5.41) is 20.1. The maximum absolute atomic E-state index is 13.8. The van der Waals surface area contributed by atoms with E-state index in [-0.39, 0.29) is 31.4 Å². The van der Waals surface area contributed by atoms with Crippen molar-refractivity contribution in [2.45, 2.75) is 55.9 Å². The molecule has 0 aliphatic heterocycles. The van der Waals surface area contributed by atoms with E-state index < -0.39 is 59.8 Å². The molecule has 47 heavy (non-hydrogen) atoms. The van der Waals surface area contributed by atoms with Crippen LogP contribution in [-0.2, 0) is 49.7 Å². The number of aromatic amines is 4. The van der Waals surface area contributed by atoms with E-state index in [4.69, 9.17) is 5.73 Å². The molecule has 0 unspecified atom stereocenters. The van der Waals surface area contributed by atoms with E-state index in [1.165, 1.54) is 50.1 Å². The highest BCUT2D eigenvalue weighted by Crippen LogP contribution is 2.07. The number of amides is 4. The van der Waals surface area contributed by atoms with Crippen molar-refractivity contribution in [3.8, 4) is 0 Å². The average Bonchev–Trinajstić information content (AvgIpc) is 3.89. The molecular formula is C27H35N13O6S. The Kier molecular flexibility index (Phi) is 12.2. The van der Waals surface area contributed by atoms with E-state index in [1.807, 2.05) is 0 Å². The van der Waals surface area contributed by atoms with Gasteiger partial charge in [-0.15, -0.1) is 0 Å². The molecule has 4 rings (SSSR count). The van der Waals surface area contributed by atoms with Gasteiger partial charge < -0.3 is 52.0 Å². The average molecular weight is 670 g/mol. The molecule has 0 saturated heterocycles. The minimum atomic E-state index is -1.35. The van der Waals surface area contributed by atoms with Crippen LogP contribution in [0.1, 0.15) is 22.8 Å². The quantitative estimate of drug-likeness (QED) is 0.0479. The third kappa shape index (κ3) is 10.3. The molecule has 4 aromatic rings. The lowest BCUT2D eigenvalue weighted by Gasteiger charge is -2.26. The van der Waals surface area contributed by atoms with Gasteiger partial charge in [-0.25, -0.2) is 24.7 Å². The fraction of sp³-hybridized carbons (Fsp3) is 0.370. The predicted octanol–water partition coefficient (Wildman–Crippen LogP) is -2.87. The molecule has 0 radical (unpaired) electrons. The van der Waals surface area contributed by atoms with Gasteiger partial charge in [-0.1, -0.05) is 0 Å². The molecule has 0 fully saturated rings. The molecule has 4 amide bonds. The number of H-pyrrole nitrogens is 4. The summed E-state index contributed by atoms with van der Waals surface area (Å²) in [6.45, 7) is 0. The summed E-state index contributed by atoms with van der Waals surface area (Å²) in [6, 6.07) is -6.08. The van der Waals surface area contributed by atoms with Crippen molar-refractivity contribution in [2.75, 3.05) is 5.75 Å². The third-order valence-electron chi connectivity index (χ3n) is 6.96. The lowest BCUT2D eigenvalue weighted by atomic mass is 10.1. The highest BCUT2D eigenvalue weighted by Gasteiger charge is 2.33. The van der Waals surface area contributed by atoms with E-state index in [0.29, 0.717) is 22.8 Å². The standard InChI is InChI=1S/C27H35N13O6S/c28-18(9-47)23(41)37-19(1-14-5-29-10-33-14)24(42)38-20(2-15-6-30-11-34-15)25(43)39-21(3-16-7-31-12-35-16)26(44)40-22(27(45)46)4-17-8-32-13-36-17/h5-8,10-13,18-22,47H,1-4,9,28H2,(H,29,33)(H,30,34)(H,31,35)(H,32,36)(H,37,41)(H,38,42)(H,39,43)(H,40,44)(H,45,46)/t18-,19-,20-,21-,22-/m0/s1. The summed E-state index contributed by atoms with van der Waals surface area (Å²) >= 11 is 4.04. The molecular weight excluding hydrogens is 634 g/mol. The van der Waals surface area contributed by atoms with Gasteiger partial charge >= 0.3 is 5.97 Å². The van der Waals surface area contributed by atoms with Crippen LogP contribution in [0, 0.1) is 0 Å². The number of nitrogens with one attached hydrogen (secondary N) is 8. The van der Waals surface area contributed by atoms with Crippen LogP contribution < -0.4 is 27.0 Å². The van der Waals surface area contributed by atoms with Crippen molar-refractivity contribution in [2.24, 2.45) is 5.73 Å². The Balaban J connectivity index is 1.55. The van der Waals surface area contributed by atoms with Crippen LogP contribution in [0.15, 0.2) is 50.1 Å². The number of aromatic nitrogens is 8. The fourth-order valence-corrected chi connectivity index (χ4v) is 4.64. The molecule has 0 aliphatic rings. The number of carbonyl (C=O) groups is 5. The number of carboxylic acid groups (broad SMARTS) is 1. The Morgan fingerprint density at radius 1 is 0.596 bits per heavy atom. The van der Waals surface area contributed by atoms with Crippen LogP contribution in [-0.4, -0.2) is 111 Å². The number of carbonyl (C=O) groups excluding carboxylic acids is 4. The summed E-state index contributed by atoms with van der Waals surface area (Å²) in [7, 11) is 0. The minimum Gasteiger partial charge on any atom is -0.480 e. The van der Waals surface area contributed by atoms with Crippen LogP contribution in [0.2, 0.25) is 0 Å². The molecule has 0 spiro atoms. The summed E-state index contributed by atoms with van der Waals surface area (Å²) in [4.78, 5) is 92.6. The van der Waals surface area contributed by atoms with Gasteiger partial charge in [0.05, 0.1) is 31.4 Å². The lowest BCUT2D eigenvalue weighted by Crippen LogP contribution is -2.60. The zero-order valence-electron chi connectivity index (χ0n) is 24.8. The number of nitrogens with two attached hydrogens (primary N) is 1. The Hall–Kier alpha value is -5.50.